The van der Waals surface area contributed by atoms with Crippen molar-refractivity contribution in [2.75, 3.05) is 13.1 Å². The summed E-state index contributed by atoms with van der Waals surface area (Å²) >= 11 is 0. The summed E-state index contributed by atoms with van der Waals surface area (Å²) < 4.78 is 0. The van der Waals surface area contributed by atoms with Gasteiger partial charge in [0, 0.05) is 12.6 Å². The summed E-state index contributed by atoms with van der Waals surface area (Å²) in [7, 11) is 0. The van der Waals surface area contributed by atoms with Crippen molar-refractivity contribution in [3.63, 3.8) is 0 Å². The summed E-state index contributed by atoms with van der Waals surface area (Å²) in [5.74, 6) is 0. The highest BCUT2D eigenvalue weighted by Gasteiger charge is 2.14. The smallest absolute Gasteiger partial charge is 0.318 e. The van der Waals surface area contributed by atoms with Gasteiger partial charge in [-0.1, -0.05) is 13.3 Å². The maximum absolute atomic E-state index is 11.5. The molecule has 1 N–H and O–H groups in total. The van der Waals surface area contributed by atoms with Crippen LogP contribution in [0.25, 0.3) is 0 Å². The molecule has 0 spiro atoms. The Labute approximate surface area is 85.9 Å². The molecule has 0 rings (SSSR count). The zero-order valence-electron chi connectivity index (χ0n) is 9.21. The molecule has 4 heteroatoms. The normalized spacial score (nSPS) is 9.64. The number of urea groups is 1. The van der Waals surface area contributed by atoms with Crippen LogP contribution < -0.4 is 5.32 Å². The Kier molecular flexibility index (Phi) is 6.55. The van der Waals surface area contributed by atoms with Crippen molar-refractivity contribution in [2.24, 2.45) is 0 Å². The molecule has 0 aromatic rings. The van der Waals surface area contributed by atoms with Crippen LogP contribution in [-0.2, 0) is 0 Å². The molecule has 14 heavy (non-hydrogen) atoms. The van der Waals surface area contributed by atoms with Crippen LogP contribution in [-0.4, -0.2) is 30.1 Å². The lowest BCUT2D eigenvalue weighted by molar-refractivity contribution is 0.191. The zero-order chi connectivity index (χ0) is 11.0. The number of nitriles is 1. The molecule has 2 amide bonds. The predicted molar refractivity (Wildman–Crippen MR) is 55.8 cm³/mol. The Morgan fingerprint density at radius 3 is 2.64 bits per heavy atom. The molecule has 0 bridgehead atoms. The summed E-state index contributed by atoms with van der Waals surface area (Å²) in [5.41, 5.74) is 0. The molecule has 0 saturated heterocycles. The van der Waals surface area contributed by atoms with Crippen LogP contribution in [0.4, 0.5) is 4.79 Å². The van der Waals surface area contributed by atoms with Gasteiger partial charge in [0.1, 0.15) is 6.54 Å². The third-order valence-electron chi connectivity index (χ3n) is 1.93. The minimum Gasteiger partial charge on any atom is -0.338 e. The van der Waals surface area contributed by atoms with E-state index in [4.69, 9.17) is 5.26 Å². The predicted octanol–water partition coefficient (Wildman–Crippen LogP) is 1.73. The number of carbonyl (C=O) groups is 1. The Bertz CT molecular complexity index is 208. The fourth-order valence-electron chi connectivity index (χ4n) is 1.04. The standard InChI is InChI=1S/C10H19N3O/c1-4-5-7-12-10(14)13(8-6-11)9(2)3/h9H,4-5,7-8H2,1-3H3,(H,12,14). The number of hydrogen-bond donors (Lipinski definition) is 1. The van der Waals surface area contributed by atoms with Gasteiger partial charge in [0.2, 0.25) is 0 Å². The van der Waals surface area contributed by atoms with Crippen molar-refractivity contribution in [2.45, 2.75) is 39.7 Å². The third-order valence-corrected chi connectivity index (χ3v) is 1.93. The van der Waals surface area contributed by atoms with Crippen LogP contribution in [0.3, 0.4) is 0 Å². The van der Waals surface area contributed by atoms with Gasteiger partial charge in [-0.15, -0.1) is 0 Å². The molecule has 0 aliphatic carbocycles. The van der Waals surface area contributed by atoms with Crippen molar-refractivity contribution in [3.05, 3.63) is 0 Å². The fraction of sp³-hybridized carbons (Fsp3) is 0.800. The number of carbonyl (C=O) groups excluding carboxylic acids is 1. The monoisotopic (exact) mass is 197 g/mol. The van der Waals surface area contributed by atoms with Crippen molar-refractivity contribution in [1.29, 1.82) is 5.26 Å². The van der Waals surface area contributed by atoms with Crippen LogP contribution in [0.5, 0.6) is 0 Å². The molecule has 0 unspecified atom stereocenters. The average Bonchev–Trinajstić information content (AvgIpc) is 2.13. The van der Waals surface area contributed by atoms with Crippen LogP contribution in [0.1, 0.15) is 33.6 Å². The molecule has 0 aliphatic rings. The summed E-state index contributed by atoms with van der Waals surface area (Å²) in [4.78, 5) is 13.0. The number of nitrogens with zero attached hydrogens (tertiary/aromatic N) is 2. The summed E-state index contributed by atoms with van der Waals surface area (Å²) in [6.07, 6.45) is 2.03. The first-order valence-electron chi connectivity index (χ1n) is 5.04. The molecule has 0 fully saturated rings. The highest BCUT2D eigenvalue weighted by atomic mass is 16.2. The molecule has 0 atom stereocenters. The molecular formula is C10H19N3O. The van der Waals surface area contributed by atoms with Gasteiger partial charge < -0.3 is 10.2 Å². The second-order valence-corrected chi connectivity index (χ2v) is 3.47. The Morgan fingerprint density at radius 2 is 2.21 bits per heavy atom. The van der Waals surface area contributed by atoms with Crippen LogP contribution >= 0.6 is 0 Å². The molecule has 80 valence electrons. The molecule has 0 aromatic carbocycles. The van der Waals surface area contributed by atoms with Crippen molar-refractivity contribution in [3.8, 4) is 6.07 Å². The lowest BCUT2D eigenvalue weighted by Gasteiger charge is -2.23. The molecule has 0 aromatic heterocycles. The fourth-order valence-corrected chi connectivity index (χ4v) is 1.04. The minimum absolute atomic E-state index is 0.0660. The first-order chi connectivity index (χ1) is 6.63. The van der Waals surface area contributed by atoms with E-state index in [1.165, 1.54) is 4.90 Å². The van der Waals surface area contributed by atoms with E-state index in [-0.39, 0.29) is 18.6 Å². The van der Waals surface area contributed by atoms with Gasteiger partial charge in [-0.05, 0) is 20.3 Å². The third kappa shape index (κ3) is 4.70. The van der Waals surface area contributed by atoms with Crippen molar-refractivity contribution in [1.82, 2.24) is 10.2 Å². The number of unbranched alkanes of at least 4 members (excludes halogenated alkanes) is 1. The topological polar surface area (TPSA) is 56.1 Å². The van der Waals surface area contributed by atoms with Crippen LogP contribution in [0.2, 0.25) is 0 Å². The van der Waals surface area contributed by atoms with Gasteiger partial charge in [0.05, 0.1) is 6.07 Å². The van der Waals surface area contributed by atoms with Crippen LogP contribution in [0.15, 0.2) is 0 Å². The lowest BCUT2D eigenvalue weighted by Crippen LogP contribution is -2.44. The SMILES string of the molecule is CCCCNC(=O)N(CC#N)C(C)C. The van der Waals surface area contributed by atoms with Gasteiger partial charge in [-0.2, -0.15) is 5.26 Å². The van der Waals surface area contributed by atoms with Gasteiger partial charge >= 0.3 is 6.03 Å². The maximum atomic E-state index is 11.5. The highest BCUT2D eigenvalue weighted by Crippen LogP contribution is 1.97. The first kappa shape index (κ1) is 12.8. The first-order valence-corrected chi connectivity index (χ1v) is 5.04. The number of hydrogen-bond acceptors (Lipinski definition) is 2. The second kappa shape index (κ2) is 7.19. The highest BCUT2D eigenvalue weighted by molar-refractivity contribution is 5.74. The molecule has 4 nitrogen and oxygen atoms in total. The zero-order valence-corrected chi connectivity index (χ0v) is 9.21. The molecule has 0 heterocycles. The Morgan fingerprint density at radius 1 is 1.57 bits per heavy atom. The minimum atomic E-state index is -0.144. The van der Waals surface area contributed by atoms with Crippen LogP contribution in [0, 0.1) is 11.3 Å². The van der Waals surface area contributed by atoms with E-state index in [1.807, 2.05) is 19.9 Å². The van der Waals surface area contributed by atoms with E-state index in [2.05, 4.69) is 12.2 Å². The van der Waals surface area contributed by atoms with E-state index >= 15 is 0 Å². The number of amides is 2. The molecule has 0 saturated carbocycles. The van der Waals surface area contributed by atoms with E-state index in [1.54, 1.807) is 0 Å². The van der Waals surface area contributed by atoms with E-state index in [0.717, 1.165) is 12.8 Å². The summed E-state index contributed by atoms with van der Waals surface area (Å²) in [6.45, 7) is 6.70. The molecule has 0 radical (unpaired) electrons. The average molecular weight is 197 g/mol. The van der Waals surface area contributed by atoms with Gasteiger partial charge in [-0.25, -0.2) is 4.79 Å². The quantitative estimate of drug-likeness (QED) is 0.539. The van der Waals surface area contributed by atoms with Crippen molar-refractivity contribution >= 4 is 6.03 Å². The van der Waals surface area contributed by atoms with E-state index in [0.29, 0.717) is 6.54 Å². The maximum Gasteiger partial charge on any atom is 0.318 e. The second-order valence-electron chi connectivity index (χ2n) is 3.47. The Balaban J connectivity index is 3.97. The largest absolute Gasteiger partial charge is 0.338 e. The van der Waals surface area contributed by atoms with E-state index in [9.17, 15) is 4.79 Å². The summed E-state index contributed by atoms with van der Waals surface area (Å²) in [5, 5.41) is 11.3. The lowest BCUT2D eigenvalue weighted by atomic mass is 10.3. The number of rotatable bonds is 5. The van der Waals surface area contributed by atoms with Gasteiger partial charge in [-0.3, -0.25) is 0 Å². The van der Waals surface area contributed by atoms with Crippen molar-refractivity contribution < 1.29 is 4.79 Å². The number of nitrogens with one attached hydrogen (secondary N) is 1. The van der Waals surface area contributed by atoms with Gasteiger partial charge in [0.25, 0.3) is 0 Å². The van der Waals surface area contributed by atoms with E-state index < -0.39 is 0 Å². The molecular weight excluding hydrogens is 178 g/mol. The Hall–Kier alpha value is -1.24. The summed E-state index contributed by atoms with van der Waals surface area (Å²) in [6, 6.07) is 1.91. The molecule has 0 aliphatic heterocycles. The van der Waals surface area contributed by atoms with Gasteiger partial charge in [0.15, 0.2) is 0 Å².